The van der Waals surface area contributed by atoms with Crippen molar-refractivity contribution in [1.82, 2.24) is 0 Å². The van der Waals surface area contributed by atoms with Gasteiger partial charge in [0.05, 0.1) is 7.11 Å². The molecule has 0 aliphatic carbocycles. The summed E-state index contributed by atoms with van der Waals surface area (Å²) in [4.78, 5) is 0. The summed E-state index contributed by atoms with van der Waals surface area (Å²) in [5.41, 5.74) is 0.765. The van der Waals surface area contributed by atoms with Crippen molar-refractivity contribution in [3.63, 3.8) is 0 Å². The first kappa shape index (κ1) is 36.2. The maximum absolute atomic E-state index is 6.78. The van der Waals surface area contributed by atoms with Crippen molar-refractivity contribution in [2.75, 3.05) is 85.1 Å². The molecule has 1 rings (SSSR count). The third-order valence-corrected chi connectivity index (χ3v) is 8.40. The van der Waals surface area contributed by atoms with Gasteiger partial charge in [-0.2, -0.15) is 0 Å². The van der Waals surface area contributed by atoms with Gasteiger partial charge in [0.1, 0.15) is 5.75 Å². The third kappa shape index (κ3) is 29.0. The largest absolute Gasteiger partial charge is 2.00 e. The van der Waals surface area contributed by atoms with Crippen molar-refractivity contribution in [3.05, 3.63) is 43.7 Å². The Morgan fingerprint density at radius 1 is 0.714 bits per heavy atom. The van der Waals surface area contributed by atoms with E-state index >= 15 is 0 Å². The summed E-state index contributed by atoms with van der Waals surface area (Å²) in [6.45, 7) is 18.8. The fourth-order valence-corrected chi connectivity index (χ4v) is 7.87. The summed E-state index contributed by atoms with van der Waals surface area (Å²) in [6, 6.07) is 7.17. The second-order valence-corrected chi connectivity index (χ2v) is 17.5. The van der Waals surface area contributed by atoms with Gasteiger partial charge >= 0.3 is 17.1 Å². The molecule has 0 aliphatic rings. The van der Waals surface area contributed by atoms with E-state index < -0.39 is 0 Å². The Bertz CT molecular complexity index is 436. The molecular weight excluding hydrogens is 460 g/mol. The predicted molar refractivity (Wildman–Crippen MR) is 140 cm³/mol. The van der Waals surface area contributed by atoms with Crippen LogP contribution < -0.4 is 4.74 Å². The molecule has 1 aromatic carbocycles. The molecule has 1 aromatic rings. The molecule has 164 valence electrons. The minimum Gasteiger partial charge on any atom is -0.497 e. The normalized spacial score (nSPS) is 9.43. The minimum atomic E-state index is 0. The number of hydrogen-bond acceptors (Lipinski definition) is 1. The van der Waals surface area contributed by atoms with E-state index in [4.69, 9.17) is 11.2 Å². The summed E-state index contributed by atoms with van der Waals surface area (Å²) >= 11 is 0. The summed E-state index contributed by atoms with van der Waals surface area (Å²) in [5, 5.41) is 0. The van der Waals surface area contributed by atoms with Gasteiger partial charge in [-0.3, -0.25) is 5.92 Å². The van der Waals surface area contributed by atoms with E-state index in [1.165, 1.54) is 24.6 Å². The van der Waals surface area contributed by atoms with Crippen LogP contribution in [0.25, 0.3) is 0 Å². The molecule has 1 nitrogen and oxygen atoms in total. The predicted octanol–water partition coefficient (Wildman–Crippen LogP) is 7.02. The van der Waals surface area contributed by atoms with Crippen LogP contribution in [-0.4, -0.2) is 85.1 Å². The molecule has 0 saturated heterocycles. The Balaban J connectivity index is -0.000000151. The van der Waals surface area contributed by atoms with Gasteiger partial charge in [-0.15, -0.1) is 49.4 Å². The fourth-order valence-electron chi connectivity index (χ4n) is 1.47. The standard InChI is InChI=1S/C9H7O.2C6H16P2.CH3.Fe/c1-3-8-4-6-9(10-2)7-5-8;2*1-7(2)5-6-8(3)4;;/h4-7H,2H3;2*5-6H2,1-4H3;1H3;/q-1;;;-1;+2. The average molecular weight is 502 g/mol. The Hall–Kier alpha value is 0.819. The van der Waals surface area contributed by atoms with Crippen LogP contribution >= 0.6 is 31.7 Å². The first-order valence-electron chi connectivity index (χ1n) is 8.78. The molecule has 28 heavy (non-hydrogen) atoms. The summed E-state index contributed by atoms with van der Waals surface area (Å²) in [7, 11) is 3.15. The molecule has 0 heterocycles. The second kappa shape index (κ2) is 24.1. The van der Waals surface area contributed by atoms with Gasteiger partial charge in [-0.1, -0.05) is 0 Å². The van der Waals surface area contributed by atoms with E-state index in [2.05, 4.69) is 59.2 Å². The summed E-state index contributed by atoms with van der Waals surface area (Å²) in [6.07, 6.45) is 12.7. The molecule has 0 saturated carbocycles. The maximum atomic E-state index is 6.78. The van der Waals surface area contributed by atoms with Gasteiger partial charge in [-0.25, -0.2) is 0 Å². The molecular formula is C22H42FeOP4. The molecule has 6 heteroatoms. The van der Waals surface area contributed by atoms with Crippen LogP contribution in [0.1, 0.15) is 5.56 Å². The van der Waals surface area contributed by atoms with E-state index in [1.807, 2.05) is 0 Å². The van der Waals surface area contributed by atoms with Gasteiger partial charge < -0.3 is 18.6 Å². The Morgan fingerprint density at radius 3 is 1.18 bits per heavy atom. The number of benzene rings is 1. The molecule has 0 atom stereocenters. The first-order chi connectivity index (χ1) is 12.1. The molecule has 0 unspecified atom stereocenters. The van der Waals surface area contributed by atoms with E-state index in [1.54, 1.807) is 31.4 Å². The minimum absolute atomic E-state index is 0. The van der Waals surface area contributed by atoms with Crippen LogP contribution in [0, 0.1) is 19.8 Å². The number of ether oxygens (including phenoxy) is 1. The maximum Gasteiger partial charge on any atom is 2.00 e. The number of methoxy groups -OCH3 is 1. The Kier molecular flexibility index (Phi) is 31.2. The molecule has 0 N–H and O–H groups in total. The molecule has 0 fully saturated rings. The van der Waals surface area contributed by atoms with Crippen molar-refractivity contribution in [3.8, 4) is 11.7 Å². The first-order valence-corrected chi connectivity index (χ1v) is 18.5. The number of hydrogen-bond donors (Lipinski definition) is 0. The van der Waals surface area contributed by atoms with Gasteiger partial charge in [0.25, 0.3) is 0 Å². The van der Waals surface area contributed by atoms with Gasteiger partial charge in [0, 0.05) is 0 Å². The van der Waals surface area contributed by atoms with Crippen LogP contribution in [0.2, 0.25) is 0 Å². The zero-order valence-electron chi connectivity index (χ0n) is 19.7. The fraction of sp³-hybridized carbons (Fsp3) is 0.591. The van der Waals surface area contributed by atoms with Crippen LogP contribution in [0.5, 0.6) is 5.75 Å². The Morgan fingerprint density at radius 2 is 1.00 bits per heavy atom. The second-order valence-electron chi connectivity index (χ2n) is 7.07. The van der Waals surface area contributed by atoms with Crippen molar-refractivity contribution in [1.29, 1.82) is 0 Å². The zero-order valence-corrected chi connectivity index (χ0v) is 24.4. The Labute approximate surface area is 193 Å². The van der Waals surface area contributed by atoms with Crippen LogP contribution in [0.4, 0.5) is 0 Å². The van der Waals surface area contributed by atoms with Crippen LogP contribution in [-0.2, 0) is 17.1 Å². The molecule has 0 aromatic heterocycles. The molecule has 0 radical (unpaired) electrons. The van der Waals surface area contributed by atoms with E-state index in [9.17, 15) is 0 Å². The third-order valence-electron chi connectivity index (χ3n) is 3.22. The van der Waals surface area contributed by atoms with Crippen LogP contribution in [0.3, 0.4) is 0 Å². The summed E-state index contributed by atoms with van der Waals surface area (Å²) < 4.78 is 4.92. The van der Waals surface area contributed by atoms with Crippen LogP contribution in [0.15, 0.2) is 24.3 Å². The van der Waals surface area contributed by atoms with Gasteiger partial charge in [-0.05, 0) is 90.1 Å². The van der Waals surface area contributed by atoms with E-state index in [-0.39, 0.29) is 24.5 Å². The van der Waals surface area contributed by atoms with E-state index in [0.29, 0.717) is 31.7 Å². The van der Waals surface area contributed by atoms with Crippen molar-refractivity contribution in [2.24, 2.45) is 0 Å². The zero-order chi connectivity index (χ0) is 20.5. The van der Waals surface area contributed by atoms with Crippen molar-refractivity contribution >= 4 is 31.7 Å². The molecule has 0 bridgehead atoms. The molecule has 0 aliphatic heterocycles. The quantitative estimate of drug-likeness (QED) is 0.169. The molecule has 0 amide bonds. The summed E-state index contributed by atoms with van der Waals surface area (Å²) in [5.74, 6) is 3.08. The van der Waals surface area contributed by atoms with Crippen molar-refractivity contribution in [2.45, 2.75) is 0 Å². The SMILES string of the molecule is CP(C)CCP(C)C.CP(C)CCP(C)C.[C-]#Cc1ccc(OC)cc1.[CH3-].[Fe+2]. The smallest absolute Gasteiger partial charge is 0.497 e. The average Bonchev–Trinajstić information content (AvgIpc) is 2.59. The van der Waals surface area contributed by atoms with Gasteiger partial charge in [0.15, 0.2) is 0 Å². The molecule has 0 spiro atoms. The van der Waals surface area contributed by atoms with Gasteiger partial charge in [0.2, 0.25) is 0 Å². The van der Waals surface area contributed by atoms with E-state index in [0.717, 1.165) is 11.3 Å². The van der Waals surface area contributed by atoms with Crippen molar-refractivity contribution < 1.29 is 21.8 Å². The topological polar surface area (TPSA) is 9.23 Å². The number of rotatable bonds is 7. The monoisotopic (exact) mass is 502 g/mol.